The van der Waals surface area contributed by atoms with Crippen LogP contribution in [0.15, 0.2) is 24.3 Å². The molecule has 0 saturated carbocycles. The first kappa shape index (κ1) is 21.9. The summed E-state index contributed by atoms with van der Waals surface area (Å²) < 4.78 is 0. The maximum Gasteiger partial charge on any atom is 0.303 e. The van der Waals surface area contributed by atoms with Crippen molar-refractivity contribution in [2.24, 2.45) is 5.92 Å². The molecule has 2 atom stereocenters. The number of nitrogens with zero attached hydrogens (tertiary/aromatic N) is 1. The fourth-order valence-electron chi connectivity index (χ4n) is 2.64. The fourth-order valence-corrected chi connectivity index (χ4v) is 2.64. The van der Waals surface area contributed by atoms with E-state index < -0.39 is 11.9 Å². The minimum absolute atomic E-state index is 0.296. The molecule has 136 valence electrons. The summed E-state index contributed by atoms with van der Waals surface area (Å²) in [6, 6.07) is 7.66. The van der Waals surface area contributed by atoms with E-state index in [0.29, 0.717) is 17.6 Å². The van der Waals surface area contributed by atoms with Crippen molar-refractivity contribution in [3.8, 4) is 5.75 Å². The smallest absolute Gasteiger partial charge is 0.303 e. The lowest BCUT2D eigenvalue weighted by Crippen LogP contribution is -2.24. The Morgan fingerprint density at radius 1 is 1.12 bits per heavy atom. The molecule has 0 unspecified atom stereocenters. The van der Waals surface area contributed by atoms with Gasteiger partial charge in [0.15, 0.2) is 0 Å². The Morgan fingerprint density at radius 2 is 1.67 bits per heavy atom. The highest BCUT2D eigenvalue weighted by Gasteiger charge is 2.18. The van der Waals surface area contributed by atoms with E-state index in [9.17, 15) is 14.7 Å². The van der Waals surface area contributed by atoms with Gasteiger partial charge in [0.25, 0.3) is 0 Å². The largest absolute Gasteiger partial charge is 0.508 e. The summed E-state index contributed by atoms with van der Waals surface area (Å²) in [6.45, 7) is 5.56. The second-order valence-corrected chi connectivity index (χ2v) is 6.14. The van der Waals surface area contributed by atoms with Crippen molar-refractivity contribution in [3.05, 3.63) is 29.8 Å². The normalized spacial score (nSPS) is 12.9. The molecule has 0 heterocycles. The van der Waals surface area contributed by atoms with Crippen LogP contribution in [0.25, 0.3) is 0 Å². The van der Waals surface area contributed by atoms with Crippen molar-refractivity contribution in [3.63, 3.8) is 0 Å². The molecule has 0 radical (unpaired) electrons. The number of phenolic OH excluding ortho intramolecular Hbond substituents is 1. The van der Waals surface area contributed by atoms with Crippen LogP contribution < -0.4 is 0 Å². The highest BCUT2D eigenvalue weighted by atomic mass is 16.4. The van der Waals surface area contributed by atoms with E-state index >= 15 is 0 Å². The van der Waals surface area contributed by atoms with E-state index in [4.69, 9.17) is 10.2 Å². The Bertz CT molecular complexity index is 502. The van der Waals surface area contributed by atoms with E-state index in [1.807, 2.05) is 12.1 Å². The summed E-state index contributed by atoms with van der Waals surface area (Å²) in [5.74, 6) is -0.663. The predicted molar refractivity (Wildman–Crippen MR) is 93.4 cm³/mol. The van der Waals surface area contributed by atoms with Crippen LogP contribution in [-0.4, -0.2) is 52.8 Å². The molecule has 24 heavy (non-hydrogen) atoms. The van der Waals surface area contributed by atoms with Gasteiger partial charge in [-0.05, 0) is 50.0 Å². The number of aromatic hydroxyl groups is 1. The molecule has 0 aliphatic carbocycles. The summed E-state index contributed by atoms with van der Waals surface area (Å²) in [7, 11) is 4.21. The van der Waals surface area contributed by atoms with Gasteiger partial charge in [0.1, 0.15) is 5.75 Å². The van der Waals surface area contributed by atoms with Crippen molar-refractivity contribution < 1.29 is 24.9 Å². The first-order valence-electron chi connectivity index (χ1n) is 8.04. The van der Waals surface area contributed by atoms with Gasteiger partial charge in [-0.25, -0.2) is 0 Å². The lowest BCUT2D eigenvalue weighted by molar-refractivity contribution is -0.143. The van der Waals surface area contributed by atoms with Crippen LogP contribution in [0.5, 0.6) is 5.75 Å². The average molecular weight is 339 g/mol. The molecular formula is C18H29NO5. The zero-order chi connectivity index (χ0) is 18.7. The van der Waals surface area contributed by atoms with Gasteiger partial charge in [-0.1, -0.05) is 26.0 Å². The van der Waals surface area contributed by atoms with Crippen LogP contribution in [0.1, 0.15) is 44.6 Å². The Morgan fingerprint density at radius 3 is 2.04 bits per heavy atom. The lowest BCUT2D eigenvalue weighted by atomic mass is 9.85. The van der Waals surface area contributed by atoms with Crippen molar-refractivity contribution in [2.75, 3.05) is 20.6 Å². The molecular weight excluding hydrogens is 310 g/mol. The van der Waals surface area contributed by atoms with E-state index in [-0.39, 0.29) is 12.8 Å². The second kappa shape index (κ2) is 11.5. The number of benzene rings is 1. The molecule has 0 aliphatic heterocycles. The molecule has 0 aromatic heterocycles. The zero-order valence-corrected chi connectivity index (χ0v) is 14.9. The van der Waals surface area contributed by atoms with Crippen LogP contribution in [-0.2, 0) is 9.59 Å². The highest BCUT2D eigenvalue weighted by Crippen LogP contribution is 2.30. The van der Waals surface area contributed by atoms with Crippen LogP contribution in [0.2, 0.25) is 0 Å². The first-order valence-corrected chi connectivity index (χ1v) is 8.04. The number of phenols is 1. The third-order valence-electron chi connectivity index (χ3n) is 3.63. The summed E-state index contributed by atoms with van der Waals surface area (Å²) in [6.07, 6.45) is 0.517. The molecule has 0 aliphatic rings. The van der Waals surface area contributed by atoms with Gasteiger partial charge in [0, 0.05) is 6.54 Å². The van der Waals surface area contributed by atoms with Crippen LogP contribution in [0, 0.1) is 5.92 Å². The number of hydrogen-bond acceptors (Lipinski definition) is 4. The van der Waals surface area contributed by atoms with Crippen molar-refractivity contribution in [1.82, 2.24) is 4.90 Å². The molecule has 6 heteroatoms. The molecule has 0 bridgehead atoms. The number of carbonyl (C=O) groups is 2. The Labute approximate surface area is 143 Å². The number of rotatable bonds is 8. The van der Waals surface area contributed by atoms with Crippen molar-refractivity contribution in [2.45, 2.75) is 39.0 Å². The third kappa shape index (κ3) is 9.84. The maximum atomic E-state index is 9.64. The molecule has 3 N–H and O–H groups in total. The average Bonchev–Trinajstić information content (AvgIpc) is 2.46. The lowest BCUT2D eigenvalue weighted by Gasteiger charge is -2.26. The van der Waals surface area contributed by atoms with Gasteiger partial charge >= 0.3 is 11.9 Å². The minimum Gasteiger partial charge on any atom is -0.508 e. The Balaban J connectivity index is 0.000000561. The number of carboxylic acid groups (broad SMARTS) is 2. The molecule has 0 amide bonds. The van der Waals surface area contributed by atoms with Crippen LogP contribution >= 0.6 is 0 Å². The van der Waals surface area contributed by atoms with Gasteiger partial charge in [0.05, 0.1) is 12.8 Å². The van der Waals surface area contributed by atoms with Gasteiger partial charge < -0.3 is 20.2 Å². The van der Waals surface area contributed by atoms with Crippen molar-refractivity contribution >= 4 is 11.9 Å². The fraction of sp³-hybridized carbons (Fsp3) is 0.556. The van der Waals surface area contributed by atoms with Gasteiger partial charge in [-0.2, -0.15) is 0 Å². The maximum absolute atomic E-state index is 9.64. The standard InChI is InChI=1S/C14H23NO.C4H6O4/c1-5-14(11(2)10-15(3)4)12-7-6-8-13(16)9-12;5-3(6)1-2-4(7)8/h6-9,11,14,16H,5,10H2,1-4H3;1-2H2,(H,5,6)(H,7,8)/t11-,14+;/m0./s1. The second-order valence-electron chi connectivity index (χ2n) is 6.14. The van der Waals surface area contributed by atoms with Crippen LogP contribution in [0.4, 0.5) is 0 Å². The molecule has 6 nitrogen and oxygen atoms in total. The minimum atomic E-state index is -1.08. The summed E-state index contributed by atoms with van der Waals surface area (Å²) in [5.41, 5.74) is 1.25. The van der Waals surface area contributed by atoms with Gasteiger partial charge in [-0.15, -0.1) is 0 Å². The summed E-state index contributed by atoms with van der Waals surface area (Å²) in [4.78, 5) is 21.5. The SMILES string of the molecule is CC[C@@H](c1cccc(O)c1)[C@@H](C)CN(C)C.O=C(O)CCC(=O)O. The number of hydrogen-bond donors (Lipinski definition) is 3. The van der Waals surface area contributed by atoms with Crippen LogP contribution in [0.3, 0.4) is 0 Å². The molecule has 0 fully saturated rings. The Hall–Kier alpha value is -2.08. The highest BCUT2D eigenvalue weighted by molar-refractivity contribution is 5.75. The quantitative estimate of drug-likeness (QED) is 0.673. The van der Waals surface area contributed by atoms with E-state index in [2.05, 4.69) is 38.9 Å². The van der Waals surface area contributed by atoms with Gasteiger partial charge in [-0.3, -0.25) is 9.59 Å². The number of carboxylic acids is 2. The molecule has 1 aromatic rings. The summed E-state index contributed by atoms with van der Waals surface area (Å²) >= 11 is 0. The zero-order valence-electron chi connectivity index (χ0n) is 14.9. The van der Waals surface area contributed by atoms with E-state index in [1.165, 1.54) is 5.56 Å². The van der Waals surface area contributed by atoms with E-state index in [0.717, 1.165) is 13.0 Å². The summed E-state index contributed by atoms with van der Waals surface area (Å²) in [5, 5.41) is 25.3. The molecule has 1 aromatic carbocycles. The topological polar surface area (TPSA) is 98.1 Å². The molecule has 0 spiro atoms. The molecule has 1 rings (SSSR count). The Kier molecular flexibility index (Phi) is 10.5. The molecule has 0 saturated heterocycles. The van der Waals surface area contributed by atoms with E-state index in [1.54, 1.807) is 6.07 Å². The monoisotopic (exact) mass is 339 g/mol. The van der Waals surface area contributed by atoms with Gasteiger partial charge in [0.2, 0.25) is 0 Å². The predicted octanol–water partition coefficient (Wildman–Crippen LogP) is 3.02. The number of aliphatic carboxylic acids is 2. The first-order chi connectivity index (χ1) is 11.2. The third-order valence-corrected chi connectivity index (χ3v) is 3.63. The van der Waals surface area contributed by atoms with Crippen molar-refractivity contribution in [1.29, 1.82) is 0 Å².